The summed E-state index contributed by atoms with van der Waals surface area (Å²) in [6, 6.07) is 9.29. The molecule has 3 unspecified atom stereocenters. The van der Waals surface area contributed by atoms with E-state index in [-0.39, 0.29) is 23.9 Å². The lowest BCUT2D eigenvalue weighted by molar-refractivity contribution is -0.134. The molecule has 1 aromatic rings. The van der Waals surface area contributed by atoms with Crippen LogP contribution in [0.1, 0.15) is 42.5 Å². The molecule has 0 spiro atoms. The van der Waals surface area contributed by atoms with Gasteiger partial charge in [0.15, 0.2) is 0 Å². The monoisotopic (exact) mass is 343 g/mol. The van der Waals surface area contributed by atoms with Crippen molar-refractivity contribution in [3.63, 3.8) is 0 Å². The van der Waals surface area contributed by atoms with E-state index in [9.17, 15) is 9.59 Å². The molecule has 1 saturated heterocycles. The maximum atomic E-state index is 13.2. The molecule has 25 heavy (non-hydrogen) atoms. The smallest absolute Gasteiger partial charge is 0.254 e. The van der Waals surface area contributed by atoms with E-state index in [0.717, 1.165) is 32.2 Å². The summed E-state index contributed by atoms with van der Waals surface area (Å²) < 4.78 is 0. The van der Waals surface area contributed by atoms with Crippen LogP contribution in [0.4, 0.5) is 0 Å². The van der Waals surface area contributed by atoms with Gasteiger partial charge in [0.05, 0.1) is 0 Å². The molecular weight excluding hydrogens is 314 g/mol. The fourth-order valence-electron chi connectivity index (χ4n) is 4.35. The maximum absolute atomic E-state index is 13.2. The van der Waals surface area contributed by atoms with Gasteiger partial charge in [-0.25, -0.2) is 0 Å². The SMILES string of the molecule is CNCCN(C)C(=O)C1CC2CCCCC2N1C(=O)c1ccccc1. The predicted octanol–water partition coefficient (Wildman–Crippen LogP) is 2.14. The van der Waals surface area contributed by atoms with Crippen LogP contribution in [0.3, 0.4) is 0 Å². The first-order valence-corrected chi connectivity index (χ1v) is 9.40. The zero-order valence-corrected chi connectivity index (χ0v) is 15.3. The van der Waals surface area contributed by atoms with Gasteiger partial charge >= 0.3 is 0 Å². The number of likely N-dealkylation sites (tertiary alicyclic amines) is 1. The standard InChI is InChI=1S/C20H29N3O2/c1-21-12-13-22(2)20(25)18-14-16-10-6-7-11-17(16)23(18)19(24)15-8-4-3-5-9-15/h3-5,8-9,16-18,21H,6-7,10-14H2,1-2H3. The summed E-state index contributed by atoms with van der Waals surface area (Å²) in [7, 11) is 3.72. The summed E-state index contributed by atoms with van der Waals surface area (Å²) in [4.78, 5) is 29.9. The van der Waals surface area contributed by atoms with Crippen molar-refractivity contribution in [3.05, 3.63) is 35.9 Å². The normalized spacial score (nSPS) is 25.5. The molecule has 1 aliphatic carbocycles. The Hall–Kier alpha value is -1.88. The second kappa shape index (κ2) is 8.00. The van der Waals surface area contributed by atoms with Crippen LogP contribution in [0.15, 0.2) is 30.3 Å². The van der Waals surface area contributed by atoms with E-state index >= 15 is 0 Å². The molecule has 1 N–H and O–H groups in total. The fourth-order valence-corrected chi connectivity index (χ4v) is 4.35. The summed E-state index contributed by atoms with van der Waals surface area (Å²) in [5, 5.41) is 3.08. The lowest BCUT2D eigenvalue weighted by Gasteiger charge is -2.34. The van der Waals surface area contributed by atoms with E-state index in [1.165, 1.54) is 6.42 Å². The lowest BCUT2D eigenvalue weighted by Crippen LogP contribution is -2.50. The van der Waals surface area contributed by atoms with E-state index in [0.29, 0.717) is 18.0 Å². The van der Waals surface area contributed by atoms with Crippen LogP contribution < -0.4 is 5.32 Å². The topological polar surface area (TPSA) is 52.7 Å². The second-order valence-corrected chi connectivity index (χ2v) is 7.31. The number of nitrogens with zero attached hydrogens (tertiary/aromatic N) is 2. The highest BCUT2D eigenvalue weighted by atomic mass is 16.2. The Morgan fingerprint density at radius 3 is 2.64 bits per heavy atom. The van der Waals surface area contributed by atoms with Crippen LogP contribution in [0, 0.1) is 5.92 Å². The zero-order valence-electron chi connectivity index (χ0n) is 15.3. The summed E-state index contributed by atoms with van der Waals surface area (Å²) >= 11 is 0. The maximum Gasteiger partial charge on any atom is 0.254 e. The van der Waals surface area contributed by atoms with Crippen molar-refractivity contribution in [2.24, 2.45) is 5.92 Å². The summed E-state index contributed by atoms with van der Waals surface area (Å²) in [6.07, 6.45) is 5.33. The molecule has 1 heterocycles. The molecule has 136 valence electrons. The number of rotatable bonds is 5. The molecular formula is C20H29N3O2. The van der Waals surface area contributed by atoms with Crippen molar-refractivity contribution in [2.75, 3.05) is 27.2 Å². The molecule has 0 radical (unpaired) electrons. The third-order valence-electron chi connectivity index (χ3n) is 5.70. The Morgan fingerprint density at radius 2 is 1.92 bits per heavy atom. The van der Waals surface area contributed by atoms with Gasteiger partial charge in [-0.2, -0.15) is 0 Å². The van der Waals surface area contributed by atoms with Gasteiger partial charge in [-0.1, -0.05) is 31.0 Å². The van der Waals surface area contributed by atoms with Crippen LogP contribution in [0.2, 0.25) is 0 Å². The molecule has 1 saturated carbocycles. The average molecular weight is 343 g/mol. The van der Waals surface area contributed by atoms with Crippen LogP contribution in [-0.4, -0.2) is 60.9 Å². The molecule has 2 fully saturated rings. The Morgan fingerprint density at radius 1 is 1.20 bits per heavy atom. The summed E-state index contributed by atoms with van der Waals surface area (Å²) in [6.45, 7) is 1.42. The minimum atomic E-state index is -0.317. The number of hydrogen-bond donors (Lipinski definition) is 1. The van der Waals surface area contributed by atoms with E-state index < -0.39 is 0 Å². The molecule has 1 aromatic carbocycles. The van der Waals surface area contributed by atoms with Crippen LogP contribution >= 0.6 is 0 Å². The van der Waals surface area contributed by atoms with Crippen molar-refractivity contribution < 1.29 is 9.59 Å². The Labute approximate surface area is 150 Å². The van der Waals surface area contributed by atoms with Gasteiger partial charge in [-0.05, 0) is 44.4 Å². The van der Waals surface area contributed by atoms with E-state index in [4.69, 9.17) is 0 Å². The van der Waals surface area contributed by atoms with Crippen LogP contribution in [-0.2, 0) is 4.79 Å². The molecule has 5 heteroatoms. The van der Waals surface area contributed by atoms with Gasteiger partial charge < -0.3 is 15.1 Å². The highest BCUT2D eigenvalue weighted by Crippen LogP contribution is 2.40. The predicted molar refractivity (Wildman–Crippen MR) is 98.3 cm³/mol. The van der Waals surface area contributed by atoms with Gasteiger partial charge in [-0.15, -0.1) is 0 Å². The summed E-state index contributed by atoms with van der Waals surface area (Å²) in [5.74, 6) is 0.553. The number of nitrogens with one attached hydrogen (secondary N) is 1. The van der Waals surface area contributed by atoms with E-state index in [1.807, 2.05) is 49.3 Å². The molecule has 3 rings (SSSR count). The Bertz CT molecular complexity index is 604. The van der Waals surface area contributed by atoms with Crippen molar-refractivity contribution in [1.82, 2.24) is 15.1 Å². The van der Waals surface area contributed by atoms with Gasteiger partial charge in [-0.3, -0.25) is 9.59 Å². The van der Waals surface area contributed by atoms with Gasteiger partial charge in [0.1, 0.15) is 6.04 Å². The molecule has 0 bridgehead atoms. The Kier molecular flexibility index (Phi) is 5.74. The number of likely N-dealkylation sites (N-methyl/N-ethyl adjacent to an activating group) is 2. The van der Waals surface area contributed by atoms with Crippen LogP contribution in [0.25, 0.3) is 0 Å². The first-order valence-electron chi connectivity index (χ1n) is 9.40. The number of carbonyl (C=O) groups excluding carboxylic acids is 2. The van der Waals surface area contributed by atoms with Gasteiger partial charge in [0, 0.05) is 31.7 Å². The molecule has 2 aliphatic rings. The molecule has 0 aromatic heterocycles. The number of benzene rings is 1. The quantitative estimate of drug-likeness (QED) is 0.891. The number of carbonyl (C=O) groups is 2. The molecule has 5 nitrogen and oxygen atoms in total. The zero-order chi connectivity index (χ0) is 17.8. The number of hydrogen-bond acceptors (Lipinski definition) is 3. The third kappa shape index (κ3) is 3.71. The molecule has 2 amide bonds. The fraction of sp³-hybridized carbons (Fsp3) is 0.600. The number of amides is 2. The largest absolute Gasteiger partial charge is 0.343 e. The van der Waals surface area contributed by atoms with Crippen molar-refractivity contribution in [3.8, 4) is 0 Å². The van der Waals surface area contributed by atoms with E-state index in [2.05, 4.69) is 5.32 Å². The third-order valence-corrected chi connectivity index (χ3v) is 5.70. The lowest BCUT2D eigenvalue weighted by atomic mass is 9.84. The molecule has 1 aliphatic heterocycles. The van der Waals surface area contributed by atoms with Crippen molar-refractivity contribution >= 4 is 11.8 Å². The minimum Gasteiger partial charge on any atom is -0.343 e. The highest BCUT2D eigenvalue weighted by molar-refractivity contribution is 5.98. The second-order valence-electron chi connectivity index (χ2n) is 7.31. The first kappa shape index (κ1) is 17.9. The summed E-state index contributed by atoms with van der Waals surface area (Å²) in [5.41, 5.74) is 0.685. The highest BCUT2D eigenvalue weighted by Gasteiger charge is 2.48. The van der Waals surface area contributed by atoms with E-state index in [1.54, 1.807) is 4.90 Å². The van der Waals surface area contributed by atoms with Crippen LogP contribution in [0.5, 0.6) is 0 Å². The average Bonchev–Trinajstić information content (AvgIpc) is 3.05. The van der Waals surface area contributed by atoms with Gasteiger partial charge in [0.25, 0.3) is 5.91 Å². The van der Waals surface area contributed by atoms with Crippen molar-refractivity contribution in [2.45, 2.75) is 44.2 Å². The molecule has 3 atom stereocenters. The minimum absolute atomic E-state index is 0.00960. The Balaban J connectivity index is 1.84. The number of fused-ring (bicyclic) bond motifs is 1. The van der Waals surface area contributed by atoms with Gasteiger partial charge in [0.2, 0.25) is 5.91 Å². The van der Waals surface area contributed by atoms with Crippen molar-refractivity contribution in [1.29, 1.82) is 0 Å². The first-order chi connectivity index (χ1) is 12.1.